The molecule has 0 saturated carbocycles. The molecule has 0 radical (unpaired) electrons. The van der Waals surface area contributed by atoms with E-state index < -0.39 is 6.10 Å². The van der Waals surface area contributed by atoms with E-state index >= 15 is 0 Å². The normalized spacial score (nSPS) is 23.0. The van der Waals surface area contributed by atoms with Crippen molar-refractivity contribution >= 4 is 0 Å². The van der Waals surface area contributed by atoms with Gasteiger partial charge < -0.3 is 9.84 Å². The first kappa shape index (κ1) is 11.5. The van der Waals surface area contributed by atoms with Gasteiger partial charge in [0.2, 0.25) is 0 Å². The summed E-state index contributed by atoms with van der Waals surface area (Å²) in [6.45, 7) is 3.01. The Hall–Kier alpha value is -0.970. The summed E-state index contributed by atoms with van der Waals surface area (Å²) < 4.78 is 18.2. The number of aliphatic hydroxyl groups is 1. The van der Waals surface area contributed by atoms with E-state index in [0.29, 0.717) is 26.3 Å². The fourth-order valence-electron chi connectivity index (χ4n) is 1.89. The van der Waals surface area contributed by atoms with Crippen LogP contribution in [0.15, 0.2) is 24.3 Å². The highest BCUT2D eigenvalue weighted by Gasteiger charge is 2.16. The van der Waals surface area contributed by atoms with Crippen LogP contribution >= 0.6 is 0 Å². The third-order valence-corrected chi connectivity index (χ3v) is 2.63. The number of nitrogens with zero attached hydrogens (tertiary/aromatic N) is 1. The van der Waals surface area contributed by atoms with Crippen molar-refractivity contribution in [1.82, 2.24) is 4.90 Å². The van der Waals surface area contributed by atoms with E-state index in [-0.39, 0.29) is 5.82 Å². The molecule has 0 spiro atoms. The second-order valence-corrected chi connectivity index (χ2v) is 4.09. The maximum atomic E-state index is 13.0. The van der Waals surface area contributed by atoms with E-state index in [1.165, 1.54) is 12.1 Å². The Balaban J connectivity index is 1.97. The van der Waals surface area contributed by atoms with Crippen molar-refractivity contribution < 1.29 is 14.2 Å². The molecule has 1 saturated heterocycles. The number of aliphatic hydroxyl groups excluding tert-OH is 1. The number of β-amino-alcohol motifs (C(OH)–C–C–N with tert-alkyl or cyclic N) is 1. The molecule has 1 aromatic rings. The van der Waals surface area contributed by atoms with E-state index in [1.54, 1.807) is 6.07 Å². The zero-order chi connectivity index (χ0) is 11.4. The summed E-state index contributed by atoms with van der Waals surface area (Å²) in [7, 11) is 0. The second kappa shape index (κ2) is 5.39. The van der Waals surface area contributed by atoms with Gasteiger partial charge in [-0.05, 0) is 17.7 Å². The zero-order valence-electron chi connectivity index (χ0n) is 9.10. The molecule has 1 aliphatic rings. The number of hydrogen-bond acceptors (Lipinski definition) is 3. The molecule has 3 nitrogen and oxygen atoms in total. The molecule has 4 heteroatoms. The van der Waals surface area contributed by atoms with Crippen molar-refractivity contribution in [2.45, 2.75) is 12.6 Å². The minimum Gasteiger partial charge on any atom is -0.389 e. The number of hydrogen-bond donors (Lipinski definition) is 1. The third-order valence-electron chi connectivity index (χ3n) is 2.63. The van der Waals surface area contributed by atoms with E-state index in [0.717, 1.165) is 12.1 Å². The molecule has 0 amide bonds. The molecule has 0 bridgehead atoms. The molecule has 0 aromatic heterocycles. The lowest BCUT2D eigenvalue weighted by Crippen LogP contribution is -2.32. The number of benzene rings is 1. The standard InChI is InChI=1S/C12H16FNO2/c13-11-3-1-2-10(6-11)7-14-4-5-16-9-12(15)8-14/h1-3,6,12,15H,4-5,7-9H2. The fourth-order valence-corrected chi connectivity index (χ4v) is 1.89. The van der Waals surface area contributed by atoms with Crippen molar-refractivity contribution in [1.29, 1.82) is 0 Å². The summed E-state index contributed by atoms with van der Waals surface area (Å²) in [5, 5.41) is 9.55. The lowest BCUT2D eigenvalue weighted by Gasteiger charge is -2.20. The Morgan fingerprint density at radius 3 is 3.19 bits per heavy atom. The van der Waals surface area contributed by atoms with E-state index in [1.807, 2.05) is 6.07 Å². The molecule has 0 aliphatic carbocycles. The highest BCUT2D eigenvalue weighted by atomic mass is 19.1. The topological polar surface area (TPSA) is 32.7 Å². The fraction of sp³-hybridized carbons (Fsp3) is 0.500. The first-order valence-corrected chi connectivity index (χ1v) is 5.46. The van der Waals surface area contributed by atoms with Crippen molar-refractivity contribution in [3.63, 3.8) is 0 Å². The molecule has 1 fully saturated rings. The van der Waals surface area contributed by atoms with Crippen molar-refractivity contribution in [2.24, 2.45) is 0 Å². The Kier molecular flexibility index (Phi) is 3.88. The summed E-state index contributed by atoms with van der Waals surface area (Å²) in [6.07, 6.45) is -0.448. The molecule has 1 atom stereocenters. The van der Waals surface area contributed by atoms with Crippen LogP contribution in [0.2, 0.25) is 0 Å². The minimum atomic E-state index is -0.448. The van der Waals surface area contributed by atoms with Crippen molar-refractivity contribution in [3.05, 3.63) is 35.6 Å². The van der Waals surface area contributed by atoms with Gasteiger partial charge >= 0.3 is 0 Å². The maximum Gasteiger partial charge on any atom is 0.123 e. The summed E-state index contributed by atoms with van der Waals surface area (Å²) in [5.74, 6) is -0.218. The quantitative estimate of drug-likeness (QED) is 0.815. The van der Waals surface area contributed by atoms with Crippen LogP contribution < -0.4 is 0 Å². The van der Waals surface area contributed by atoms with Gasteiger partial charge in [-0.2, -0.15) is 0 Å². The number of rotatable bonds is 2. The molecular formula is C12H16FNO2. The molecular weight excluding hydrogens is 209 g/mol. The van der Waals surface area contributed by atoms with Crippen LogP contribution in [0, 0.1) is 5.82 Å². The predicted octanol–water partition coefficient (Wildman–Crippen LogP) is 1.02. The maximum absolute atomic E-state index is 13.0. The largest absolute Gasteiger partial charge is 0.389 e. The molecule has 1 aromatic carbocycles. The SMILES string of the molecule is OC1COCCN(Cc2cccc(F)c2)C1. The van der Waals surface area contributed by atoms with Crippen molar-refractivity contribution in [2.75, 3.05) is 26.3 Å². The van der Waals surface area contributed by atoms with Gasteiger partial charge in [-0.25, -0.2) is 4.39 Å². The van der Waals surface area contributed by atoms with Gasteiger partial charge in [0.15, 0.2) is 0 Å². The van der Waals surface area contributed by atoms with Crippen molar-refractivity contribution in [3.8, 4) is 0 Å². The highest BCUT2D eigenvalue weighted by molar-refractivity contribution is 5.16. The second-order valence-electron chi connectivity index (χ2n) is 4.09. The molecule has 1 N–H and O–H groups in total. The van der Waals surface area contributed by atoms with Gasteiger partial charge in [-0.3, -0.25) is 4.90 Å². The first-order chi connectivity index (χ1) is 7.74. The summed E-state index contributed by atoms with van der Waals surface area (Å²) in [6, 6.07) is 6.55. The smallest absolute Gasteiger partial charge is 0.123 e. The summed E-state index contributed by atoms with van der Waals surface area (Å²) in [4.78, 5) is 2.08. The third kappa shape index (κ3) is 3.27. The van der Waals surface area contributed by atoms with Crippen LogP contribution in [0.3, 0.4) is 0 Å². The summed E-state index contributed by atoms with van der Waals surface area (Å²) >= 11 is 0. The first-order valence-electron chi connectivity index (χ1n) is 5.46. The van der Waals surface area contributed by atoms with Crippen LogP contribution in [-0.4, -0.2) is 42.4 Å². The van der Waals surface area contributed by atoms with Crippen LogP contribution in [0.4, 0.5) is 4.39 Å². The lowest BCUT2D eigenvalue weighted by atomic mass is 10.2. The predicted molar refractivity (Wildman–Crippen MR) is 58.5 cm³/mol. The Bertz CT molecular complexity index is 346. The van der Waals surface area contributed by atoms with Crippen LogP contribution in [0.5, 0.6) is 0 Å². The zero-order valence-corrected chi connectivity index (χ0v) is 9.10. The van der Waals surface area contributed by atoms with E-state index in [4.69, 9.17) is 4.74 Å². The highest BCUT2D eigenvalue weighted by Crippen LogP contribution is 2.09. The Morgan fingerprint density at radius 1 is 1.50 bits per heavy atom. The number of halogens is 1. The molecule has 1 unspecified atom stereocenters. The minimum absolute atomic E-state index is 0.218. The van der Waals surface area contributed by atoms with Gasteiger partial charge in [0.1, 0.15) is 5.82 Å². The molecule has 88 valence electrons. The van der Waals surface area contributed by atoms with Gasteiger partial charge in [0, 0.05) is 19.6 Å². The Labute approximate surface area is 94.4 Å². The molecule has 1 heterocycles. The summed E-state index contributed by atoms with van der Waals surface area (Å²) in [5.41, 5.74) is 0.925. The number of ether oxygens (including phenoxy) is 1. The average Bonchev–Trinajstić information content (AvgIpc) is 2.43. The monoisotopic (exact) mass is 225 g/mol. The van der Waals surface area contributed by atoms with Gasteiger partial charge in [-0.15, -0.1) is 0 Å². The van der Waals surface area contributed by atoms with E-state index in [2.05, 4.69) is 4.90 Å². The van der Waals surface area contributed by atoms with Crippen LogP contribution in [0.25, 0.3) is 0 Å². The average molecular weight is 225 g/mol. The van der Waals surface area contributed by atoms with E-state index in [9.17, 15) is 9.50 Å². The molecule has 16 heavy (non-hydrogen) atoms. The molecule has 1 aliphatic heterocycles. The molecule has 2 rings (SSSR count). The van der Waals surface area contributed by atoms with Crippen LogP contribution in [0.1, 0.15) is 5.56 Å². The van der Waals surface area contributed by atoms with Gasteiger partial charge in [-0.1, -0.05) is 12.1 Å². The van der Waals surface area contributed by atoms with Crippen LogP contribution in [-0.2, 0) is 11.3 Å². The lowest BCUT2D eigenvalue weighted by molar-refractivity contribution is 0.0562. The Morgan fingerprint density at radius 2 is 2.38 bits per heavy atom. The van der Waals surface area contributed by atoms with Gasteiger partial charge in [0.25, 0.3) is 0 Å². The van der Waals surface area contributed by atoms with Gasteiger partial charge in [0.05, 0.1) is 19.3 Å².